The fourth-order valence-electron chi connectivity index (χ4n) is 1.75. The van der Waals surface area contributed by atoms with Crippen molar-refractivity contribution < 1.29 is 17.9 Å². The van der Waals surface area contributed by atoms with Crippen molar-refractivity contribution in [2.24, 2.45) is 0 Å². The monoisotopic (exact) mass is 310 g/mol. The molecule has 0 amide bonds. The van der Waals surface area contributed by atoms with Gasteiger partial charge in [0.05, 0.1) is 24.5 Å². The molecule has 0 fully saturated rings. The highest BCUT2D eigenvalue weighted by atomic mass is 32.2. The van der Waals surface area contributed by atoms with Gasteiger partial charge in [0.2, 0.25) is 10.0 Å². The molecule has 7 heteroatoms. The van der Waals surface area contributed by atoms with Crippen molar-refractivity contribution in [2.75, 3.05) is 19.9 Å². The molecule has 0 atom stereocenters. The van der Waals surface area contributed by atoms with Crippen molar-refractivity contribution in [3.8, 4) is 6.07 Å². The predicted octanol–water partition coefficient (Wildman–Crippen LogP) is 1.27. The van der Waals surface area contributed by atoms with Crippen LogP contribution in [0.25, 0.3) is 0 Å². The Morgan fingerprint density at radius 1 is 1.43 bits per heavy atom. The van der Waals surface area contributed by atoms with Crippen molar-refractivity contribution >= 4 is 16.0 Å². The summed E-state index contributed by atoms with van der Waals surface area (Å²) in [6.07, 6.45) is 0.297. The van der Waals surface area contributed by atoms with Crippen LogP contribution in [0.5, 0.6) is 0 Å². The van der Waals surface area contributed by atoms with Gasteiger partial charge in [-0.05, 0) is 24.1 Å². The lowest BCUT2D eigenvalue weighted by atomic mass is 10.1. The number of carbonyl (C=O) groups excluding carboxylic acids is 1. The lowest BCUT2D eigenvalue weighted by Crippen LogP contribution is -2.29. The van der Waals surface area contributed by atoms with Crippen LogP contribution in [0.3, 0.4) is 0 Å². The highest BCUT2D eigenvalue weighted by molar-refractivity contribution is 7.89. The molecule has 0 aromatic heterocycles. The van der Waals surface area contributed by atoms with Crippen molar-refractivity contribution in [3.63, 3.8) is 0 Å². The summed E-state index contributed by atoms with van der Waals surface area (Å²) in [6.45, 7) is 0.191. The molecule has 0 radical (unpaired) electrons. The lowest BCUT2D eigenvalue weighted by molar-refractivity contribution is -0.140. The Balaban J connectivity index is 2.62. The highest BCUT2D eigenvalue weighted by Crippen LogP contribution is 2.11. The van der Waals surface area contributed by atoms with E-state index in [4.69, 9.17) is 5.26 Å². The number of methoxy groups -OCH3 is 1. The first-order valence-electron chi connectivity index (χ1n) is 6.39. The topological polar surface area (TPSA) is 87.5 Å². The number of hydrogen-bond donors (Lipinski definition) is 0. The number of benzene rings is 1. The lowest BCUT2D eigenvalue weighted by Gasteiger charge is -2.17. The molecule has 0 aliphatic heterocycles. The second-order valence-corrected chi connectivity index (χ2v) is 6.76. The number of esters is 1. The van der Waals surface area contributed by atoms with Crippen LogP contribution in [0.15, 0.2) is 24.3 Å². The first-order chi connectivity index (χ1) is 9.89. The van der Waals surface area contributed by atoms with Crippen LogP contribution in [-0.4, -0.2) is 38.6 Å². The van der Waals surface area contributed by atoms with Gasteiger partial charge in [-0.2, -0.15) is 5.26 Å². The number of nitriles is 1. The summed E-state index contributed by atoms with van der Waals surface area (Å²) in [5.74, 6) is -0.536. The predicted molar refractivity (Wildman–Crippen MR) is 77.7 cm³/mol. The molecule has 0 bridgehead atoms. The summed E-state index contributed by atoms with van der Waals surface area (Å²) < 4.78 is 29.8. The molecule has 0 N–H and O–H groups in total. The number of hydrogen-bond acceptors (Lipinski definition) is 5. The van der Waals surface area contributed by atoms with E-state index < -0.39 is 16.0 Å². The molecule has 0 unspecified atom stereocenters. The van der Waals surface area contributed by atoms with E-state index >= 15 is 0 Å². The Bertz CT molecular complexity index is 635. The summed E-state index contributed by atoms with van der Waals surface area (Å²) in [5, 5.41) is 8.82. The van der Waals surface area contributed by atoms with Gasteiger partial charge in [-0.3, -0.25) is 4.79 Å². The third-order valence-corrected chi connectivity index (χ3v) is 4.83. The van der Waals surface area contributed by atoms with E-state index in [-0.39, 0.29) is 25.1 Å². The first kappa shape index (κ1) is 17.1. The molecule has 1 aromatic rings. The van der Waals surface area contributed by atoms with Crippen LogP contribution in [-0.2, 0) is 26.1 Å². The van der Waals surface area contributed by atoms with Gasteiger partial charge >= 0.3 is 5.97 Å². The van der Waals surface area contributed by atoms with Crippen LogP contribution >= 0.6 is 0 Å². The van der Waals surface area contributed by atoms with Gasteiger partial charge in [-0.25, -0.2) is 12.7 Å². The van der Waals surface area contributed by atoms with Crippen LogP contribution in [0.2, 0.25) is 0 Å². The summed E-state index contributed by atoms with van der Waals surface area (Å²) in [7, 11) is -0.692. The zero-order valence-corrected chi connectivity index (χ0v) is 12.9. The maximum atomic E-state index is 12.1. The summed E-state index contributed by atoms with van der Waals surface area (Å²) >= 11 is 0. The van der Waals surface area contributed by atoms with E-state index in [0.29, 0.717) is 5.56 Å². The van der Waals surface area contributed by atoms with E-state index in [1.807, 2.05) is 6.07 Å². The summed E-state index contributed by atoms with van der Waals surface area (Å²) in [4.78, 5) is 11.0. The van der Waals surface area contributed by atoms with Crippen LogP contribution in [0.1, 0.15) is 24.0 Å². The van der Waals surface area contributed by atoms with Gasteiger partial charge in [-0.15, -0.1) is 0 Å². The number of rotatable bonds is 7. The van der Waals surface area contributed by atoms with Gasteiger partial charge in [0.25, 0.3) is 0 Å². The number of nitrogens with zero attached hydrogens (tertiary/aromatic N) is 2. The van der Waals surface area contributed by atoms with E-state index in [1.165, 1.54) is 18.5 Å². The van der Waals surface area contributed by atoms with E-state index in [2.05, 4.69) is 4.74 Å². The largest absolute Gasteiger partial charge is 0.469 e. The smallest absolute Gasteiger partial charge is 0.305 e. The zero-order valence-electron chi connectivity index (χ0n) is 12.1. The maximum Gasteiger partial charge on any atom is 0.305 e. The second kappa shape index (κ2) is 7.76. The van der Waals surface area contributed by atoms with Crippen LogP contribution in [0, 0.1) is 11.3 Å². The first-order valence-corrected chi connectivity index (χ1v) is 8.00. The van der Waals surface area contributed by atoms with E-state index in [1.54, 1.807) is 24.3 Å². The third kappa shape index (κ3) is 5.53. The SMILES string of the molecule is COC(=O)CCCS(=O)(=O)N(C)Cc1cccc(C#N)c1. The maximum absolute atomic E-state index is 12.1. The van der Waals surface area contributed by atoms with Crippen molar-refractivity contribution in [1.29, 1.82) is 5.26 Å². The number of carbonyl (C=O) groups is 1. The molecular formula is C14H18N2O4S. The van der Waals surface area contributed by atoms with Crippen molar-refractivity contribution in [3.05, 3.63) is 35.4 Å². The minimum Gasteiger partial charge on any atom is -0.469 e. The molecule has 0 saturated heterocycles. The molecular weight excluding hydrogens is 292 g/mol. The molecule has 6 nitrogen and oxygen atoms in total. The Kier molecular flexibility index (Phi) is 6.34. The Labute approximate surface area is 125 Å². The summed E-state index contributed by atoms with van der Waals surface area (Å²) in [6, 6.07) is 8.81. The van der Waals surface area contributed by atoms with Crippen LogP contribution in [0.4, 0.5) is 0 Å². The van der Waals surface area contributed by atoms with Gasteiger partial charge < -0.3 is 4.74 Å². The average Bonchev–Trinajstić information content (AvgIpc) is 2.46. The fraction of sp³-hybridized carbons (Fsp3) is 0.429. The minimum absolute atomic E-state index is 0.0769. The van der Waals surface area contributed by atoms with Crippen LogP contribution < -0.4 is 0 Å². The van der Waals surface area contributed by atoms with Gasteiger partial charge in [0.15, 0.2) is 0 Å². The number of ether oxygens (including phenoxy) is 1. The fourth-order valence-corrected chi connectivity index (χ4v) is 2.92. The third-order valence-electron chi connectivity index (χ3n) is 2.95. The second-order valence-electron chi connectivity index (χ2n) is 4.56. The molecule has 1 rings (SSSR count). The molecule has 0 spiro atoms. The Hall–Kier alpha value is -1.91. The number of sulfonamides is 1. The molecule has 114 valence electrons. The quantitative estimate of drug-likeness (QED) is 0.708. The molecule has 0 aliphatic carbocycles. The summed E-state index contributed by atoms with van der Waals surface area (Å²) in [5.41, 5.74) is 1.23. The molecule has 1 aromatic carbocycles. The molecule has 0 saturated carbocycles. The Morgan fingerprint density at radius 2 is 2.14 bits per heavy atom. The zero-order chi connectivity index (χ0) is 15.9. The highest BCUT2D eigenvalue weighted by Gasteiger charge is 2.18. The normalized spacial score (nSPS) is 11.1. The minimum atomic E-state index is -3.44. The van der Waals surface area contributed by atoms with Gasteiger partial charge in [0.1, 0.15) is 0 Å². The Morgan fingerprint density at radius 3 is 2.76 bits per heavy atom. The van der Waals surface area contributed by atoms with Gasteiger partial charge in [-0.1, -0.05) is 12.1 Å². The van der Waals surface area contributed by atoms with Crippen molar-refractivity contribution in [2.45, 2.75) is 19.4 Å². The molecule has 0 heterocycles. The standard InChI is InChI=1S/C14H18N2O4S/c1-16(11-13-6-3-5-12(9-13)10-15)21(18,19)8-4-7-14(17)20-2/h3,5-6,9H,4,7-8,11H2,1-2H3. The molecule has 0 aliphatic rings. The molecule has 21 heavy (non-hydrogen) atoms. The van der Waals surface area contributed by atoms with E-state index in [0.717, 1.165) is 5.56 Å². The van der Waals surface area contributed by atoms with Crippen molar-refractivity contribution in [1.82, 2.24) is 4.31 Å². The van der Waals surface area contributed by atoms with Gasteiger partial charge in [0, 0.05) is 20.0 Å². The van der Waals surface area contributed by atoms with E-state index in [9.17, 15) is 13.2 Å². The average molecular weight is 310 g/mol.